The van der Waals surface area contributed by atoms with E-state index in [0.717, 1.165) is 38.2 Å². The molecule has 9 nitrogen and oxygen atoms in total. The molecule has 166 valence electrons. The molecule has 1 fully saturated rings. The van der Waals surface area contributed by atoms with Crippen LogP contribution in [0.15, 0.2) is 24.4 Å². The highest BCUT2D eigenvalue weighted by atomic mass is 16.6. The van der Waals surface area contributed by atoms with Crippen LogP contribution in [0.1, 0.15) is 45.7 Å². The first-order valence-electron chi connectivity index (χ1n) is 10.3. The number of carbonyl (C=O) groups is 3. The van der Waals surface area contributed by atoms with Gasteiger partial charge in [0, 0.05) is 25.2 Å². The molecule has 1 aliphatic heterocycles. The molecule has 0 aromatic carbocycles. The number of likely N-dealkylation sites (tertiary alicyclic amines) is 1. The monoisotopic (exact) mass is 420 g/mol. The van der Waals surface area contributed by atoms with Crippen LogP contribution in [0, 0.1) is 5.92 Å². The van der Waals surface area contributed by atoms with Crippen LogP contribution in [0.25, 0.3) is 0 Å². The van der Waals surface area contributed by atoms with E-state index < -0.39 is 23.7 Å². The molecule has 9 heteroatoms. The Bertz CT molecular complexity index is 712. The quantitative estimate of drug-likeness (QED) is 0.586. The second-order valence-electron chi connectivity index (χ2n) is 8.49. The molecule has 0 spiro atoms. The Labute approximate surface area is 177 Å². The number of ether oxygens (including phenoxy) is 1. The zero-order valence-electron chi connectivity index (χ0n) is 17.9. The van der Waals surface area contributed by atoms with Crippen molar-refractivity contribution in [3.8, 4) is 0 Å². The zero-order chi connectivity index (χ0) is 22.1. The third-order valence-electron chi connectivity index (χ3n) is 4.79. The summed E-state index contributed by atoms with van der Waals surface area (Å²) in [5.74, 6) is -1.33. The number of aromatic nitrogens is 1. The molecule has 0 unspecified atom stereocenters. The van der Waals surface area contributed by atoms with Gasteiger partial charge >= 0.3 is 12.1 Å². The fourth-order valence-electron chi connectivity index (χ4n) is 3.27. The van der Waals surface area contributed by atoms with E-state index in [4.69, 9.17) is 4.74 Å². The summed E-state index contributed by atoms with van der Waals surface area (Å²) >= 11 is 0. The lowest BCUT2D eigenvalue weighted by molar-refractivity contribution is -0.140. The summed E-state index contributed by atoms with van der Waals surface area (Å²) in [6.07, 6.45) is 2.56. The summed E-state index contributed by atoms with van der Waals surface area (Å²) in [6, 6.07) is 4.71. The lowest BCUT2D eigenvalue weighted by Crippen LogP contribution is -2.46. The molecule has 0 saturated carbocycles. The minimum atomic E-state index is -1.17. The number of amides is 2. The van der Waals surface area contributed by atoms with Gasteiger partial charge in [0.05, 0.1) is 5.69 Å². The molecule has 0 radical (unpaired) electrons. The minimum Gasteiger partial charge on any atom is -0.480 e. The predicted octanol–water partition coefficient (Wildman–Crippen LogP) is 1.78. The normalized spacial score (nSPS) is 16.5. The Balaban J connectivity index is 1.70. The first kappa shape index (κ1) is 23.6. The van der Waals surface area contributed by atoms with Crippen LogP contribution in [0.3, 0.4) is 0 Å². The van der Waals surface area contributed by atoms with E-state index in [0.29, 0.717) is 0 Å². The maximum Gasteiger partial charge on any atom is 0.408 e. The molecule has 2 heterocycles. The molecule has 0 aliphatic carbocycles. The van der Waals surface area contributed by atoms with E-state index in [2.05, 4.69) is 20.5 Å². The van der Waals surface area contributed by atoms with Crippen LogP contribution in [-0.4, -0.2) is 64.2 Å². The van der Waals surface area contributed by atoms with Crippen LogP contribution in [-0.2, 0) is 20.9 Å². The number of pyridine rings is 1. The van der Waals surface area contributed by atoms with Crippen molar-refractivity contribution in [2.45, 2.75) is 58.2 Å². The van der Waals surface area contributed by atoms with Gasteiger partial charge in [-0.3, -0.25) is 14.7 Å². The number of piperidine rings is 1. The Morgan fingerprint density at radius 2 is 1.97 bits per heavy atom. The average molecular weight is 421 g/mol. The Morgan fingerprint density at radius 3 is 2.53 bits per heavy atom. The van der Waals surface area contributed by atoms with Gasteiger partial charge in [-0.05, 0) is 65.3 Å². The molecule has 1 atom stereocenters. The van der Waals surface area contributed by atoms with Crippen LogP contribution in [0.2, 0.25) is 0 Å². The fraction of sp³-hybridized carbons (Fsp3) is 0.619. The summed E-state index contributed by atoms with van der Waals surface area (Å²) < 4.78 is 5.08. The van der Waals surface area contributed by atoms with E-state index in [-0.39, 0.29) is 24.8 Å². The third-order valence-corrected chi connectivity index (χ3v) is 4.79. The molecule has 0 bridgehead atoms. The predicted molar refractivity (Wildman–Crippen MR) is 111 cm³/mol. The number of hydrogen-bond acceptors (Lipinski definition) is 6. The smallest absolute Gasteiger partial charge is 0.408 e. The molecular weight excluding hydrogens is 388 g/mol. The number of alkyl carbamates (subject to hydrolysis) is 1. The summed E-state index contributed by atoms with van der Waals surface area (Å²) in [4.78, 5) is 42.2. The highest BCUT2D eigenvalue weighted by Crippen LogP contribution is 2.18. The average Bonchev–Trinajstić information content (AvgIpc) is 2.67. The summed E-state index contributed by atoms with van der Waals surface area (Å²) in [6.45, 7) is 7.66. The van der Waals surface area contributed by atoms with Crippen LogP contribution < -0.4 is 10.6 Å². The first-order chi connectivity index (χ1) is 14.1. The van der Waals surface area contributed by atoms with Gasteiger partial charge in [-0.25, -0.2) is 9.59 Å². The highest BCUT2D eigenvalue weighted by Gasteiger charge is 2.27. The maximum absolute atomic E-state index is 12.4. The van der Waals surface area contributed by atoms with Crippen molar-refractivity contribution in [2.24, 2.45) is 5.92 Å². The van der Waals surface area contributed by atoms with Crippen LogP contribution >= 0.6 is 0 Å². The molecule has 30 heavy (non-hydrogen) atoms. The third kappa shape index (κ3) is 8.36. The molecule has 2 rings (SSSR count). The van der Waals surface area contributed by atoms with Gasteiger partial charge in [-0.15, -0.1) is 0 Å². The summed E-state index contributed by atoms with van der Waals surface area (Å²) in [5.41, 5.74) is 0.296. The number of carbonyl (C=O) groups excluding carboxylic acids is 2. The van der Waals surface area contributed by atoms with Crippen LogP contribution in [0.5, 0.6) is 0 Å². The SMILES string of the molecule is CC(C)(C)OC(=O)N[C@H](CCNC(=O)C1CCN(Cc2ccccn2)CC1)C(=O)O. The number of carboxylic acid groups (broad SMARTS) is 1. The number of nitrogens with zero attached hydrogens (tertiary/aromatic N) is 2. The Morgan fingerprint density at radius 1 is 1.27 bits per heavy atom. The van der Waals surface area contributed by atoms with E-state index in [1.165, 1.54) is 0 Å². The fourth-order valence-corrected chi connectivity index (χ4v) is 3.27. The van der Waals surface area contributed by atoms with E-state index >= 15 is 0 Å². The van der Waals surface area contributed by atoms with Gasteiger partial charge in [-0.1, -0.05) is 6.07 Å². The van der Waals surface area contributed by atoms with E-state index in [1.54, 1.807) is 27.0 Å². The molecule has 2 amide bonds. The van der Waals surface area contributed by atoms with Gasteiger partial charge in [0.2, 0.25) is 5.91 Å². The Kier molecular flexibility index (Phi) is 8.58. The molecule has 1 aromatic heterocycles. The van der Waals surface area contributed by atoms with Crippen molar-refractivity contribution in [3.63, 3.8) is 0 Å². The summed E-state index contributed by atoms with van der Waals surface area (Å²) in [5, 5.41) is 14.4. The second kappa shape index (κ2) is 10.9. The molecule has 1 aliphatic rings. The highest BCUT2D eigenvalue weighted by molar-refractivity contribution is 5.80. The minimum absolute atomic E-state index is 0.0751. The van der Waals surface area contributed by atoms with Crippen molar-refractivity contribution in [1.29, 1.82) is 0 Å². The van der Waals surface area contributed by atoms with Gasteiger partial charge in [0.15, 0.2) is 0 Å². The zero-order valence-corrected chi connectivity index (χ0v) is 17.9. The van der Waals surface area contributed by atoms with Gasteiger partial charge < -0.3 is 20.5 Å². The lowest BCUT2D eigenvalue weighted by atomic mass is 9.95. The van der Waals surface area contributed by atoms with Crippen molar-refractivity contribution in [3.05, 3.63) is 30.1 Å². The first-order valence-corrected chi connectivity index (χ1v) is 10.3. The van der Waals surface area contributed by atoms with Crippen LogP contribution in [0.4, 0.5) is 4.79 Å². The Hall–Kier alpha value is -2.68. The van der Waals surface area contributed by atoms with Gasteiger partial charge in [0.1, 0.15) is 11.6 Å². The molecular formula is C21H32N4O5. The van der Waals surface area contributed by atoms with E-state index in [1.807, 2.05) is 18.2 Å². The number of aliphatic carboxylic acids is 1. The largest absolute Gasteiger partial charge is 0.480 e. The number of hydrogen-bond donors (Lipinski definition) is 3. The molecule has 3 N–H and O–H groups in total. The standard InChI is InChI=1S/C21H32N4O5/c1-21(2,3)30-20(29)24-17(19(27)28)7-11-23-18(26)15-8-12-25(13-9-15)14-16-6-4-5-10-22-16/h4-6,10,15,17H,7-9,11-14H2,1-3H3,(H,23,26)(H,24,29)(H,27,28)/t17-/m1/s1. The van der Waals surface area contributed by atoms with Gasteiger partial charge in [-0.2, -0.15) is 0 Å². The van der Waals surface area contributed by atoms with Crippen molar-refractivity contribution < 1.29 is 24.2 Å². The van der Waals surface area contributed by atoms with Crippen molar-refractivity contribution >= 4 is 18.0 Å². The van der Waals surface area contributed by atoms with Crippen molar-refractivity contribution in [1.82, 2.24) is 20.5 Å². The van der Waals surface area contributed by atoms with Crippen molar-refractivity contribution in [2.75, 3.05) is 19.6 Å². The van der Waals surface area contributed by atoms with E-state index in [9.17, 15) is 19.5 Å². The number of carboxylic acids is 1. The lowest BCUT2D eigenvalue weighted by Gasteiger charge is -2.31. The molecule has 1 saturated heterocycles. The number of nitrogens with one attached hydrogen (secondary N) is 2. The maximum atomic E-state index is 12.4. The summed E-state index contributed by atoms with van der Waals surface area (Å²) in [7, 11) is 0. The topological polar surface area (TPSA) is 121 Å². The molecule has 1 aromatic rings. The second-order valence-corrected chi connectivity index (χ2v) is 8.49. The van der Waals surface area contributed by atoms with Gasteiger partial charge in [0.25, 0.3) is 0 Å². The number of rotatable bonds is 8.